The van der Waals surface area contributed by atoms with Gasteiger partial charge in [-0.2, -0.15) is 13.2 Å². The van der Waals surface area contributed by atoms with E-state index < -0.39 is 28.6 Å². The molecule has 0 bridgehead atoms. The molecule has 0 radical (unpaired) electrons. The van der Waals surface area contributed by atoms with Gasteiger partial charge in [-0.3, -0.25) is 14.9 Å². The van der Waals surface area contributed by atoms with E-state index in [2.05, 4.69) is 0 Å². The summed E-state index contributed by atoms with van der Waals surface area (Å²) in [5, 5.41) is 10.9. The summed E-state index contributed by atoms with van der Waals surface area (Å²) < 4.78 is 37.7. The van der Waals surface area contributed by atoms with Crippen LogP contribution in [0.4, 0.5) is 18.0 Å². The largest absolute Gasteiger partial charge is 0.507 e. The minimum absolute atomic E-state index is 0.0698. The molecule has 1 saturated heterocycles. The van der Waals surface area contributed by atoms with Crippen molar-refractivity contribution in [1.82, 2.24) is 5.32 Å². The van der Waals surface area contributed by atoms with Crippen molar-refractivity contribution in [3.8, 4) is 5.75 Å². The minimum atomic E-state index is -4.69. The van der Waals surface area contributed by atoms with Gasteiger partial charge in [-0.15, -0.1) is 0 Å². The fourth-order valence-electron chi connectivity index (χ4n) is 1.47. The lowest BCUT2D eigenvalue weighted by atomic mass is 10.1. The third-order valence-electron chi connectivity index (χ3n) is 2.30. The molecule has 0 unspecified atom stereocenters. The number of aromatic hydroxyl groups is 1. The van der Waals surface area contributed by atoms with E-state index in [9.17, 15) is 27.9 Å². The molecular weight excluding hydrogens is 283 g/mol. The molecule has 100 valence electrons. The van der Waals surface area contributed by atoms with Crippen LogP contribution in [0.2, 0.25) is 0 Å². The summed E-state index contributed by atoms with van der Waals surface area (Å²) in [6.45, 7) is 0. The second kappa shape index (κ2) is 4.61. The zero-order valence-electron chi connectivity index (χ0n) is 9.12. The first-order chi connectivity index (χ1) is 8.79. The maximum Gasteiger partial charge on any atom is 0.419 e. The molecule has 1 fully saturated rings. The maximum absolute atomic E-state index is 12.6. The quantitative estimate of drug-likeness (QED) is 0.780. The second-order valence-electron chi connectivity index (χ2n) is 3.59. The van der Waals surface area contributed by atoms with Gasteiger partial charge in [0.1, 0.15) is 5.75 Å². The summed E-state index contributed by atoms with van der Waals surface area (Å²) in [6, 6.07) is 3.05. The van der Waals surface area contributed by atoms with Gasteiger partial charge in [-0.25, -0.2) is 0 Å². The maximum atomic E-state index is 12.6. The molecular formula is C11H6F3NO3S. The predicted octanol–water partition coefficient (Wildman–Crippen LogP) is 2.73. The smallest absolute Gasteiger partial charge is 0.419 e. The van der Waals surface area contributed by atoms with Crippen molar-refractivity contribution >= 4 is 29.0 Å². The third-order valence-corrected chi connectivity index (χ3v) is 3.11. The molecule has 2 rings (SSSR count). The van der Waals surface area contributed by atoms with E-state index in [1.165, 1.54) is 6.07 Å². The van der Waals surface area contributed by atoms with Crippen molar-refractivity contribution in [2.75, 3.05) is 0 Å². The van der Waals surface area contributed by atoms with Crippen LogP contribution in [0.25, 0.3) is 6.08 Å². The Bertz CT molecular complexity index is 595. The Morgan fingerprint density at radius 2 is 1.95 bits per heavy atom. The summed E-state index contributed by atoms with van der Waals surface area (Å²) in [7, 11) is 0. The number of imide groups is 1. The van der Waals surface area contributed by atoms with Crippen LogP contribution in [0.1, 0.15) is 11.1 Å². The number of thioether (sulfide) groups is 1. The molecule has 1 aliphatic heterocycles. The van der Waals surface area contributed by atoms with Gasteiger partial charge in [0.25, 0.3) is 11.1 Å². The fraction of sp³-hybridized carbons (Fsp3) is 0.0909. The number of halogens is 3. The Labute approximate surface area is 109 Å². The SMILES string of the molecule is O=C1NC(=O)/C(=C/c2cccc(C(F)(F)F)c2O)S1. The number of hydrogen-bond donors (Lipinski definition) is 2. The van der Waals surface area contributed by atoms with E-state index in [0.717, 1.165) is 18.2 Å². The Morgan fingerprint density at radius 1 is 1.26 bits per heavy atom. The van der Waals surface area contributed by atoms with Gasteiger partial charge < -0.3 is 5.11 Å². The highest BCUT2D eigenvalue weighted by Crippen LogP contribution is 2.38. The molecule has 0 aliphatic carbocycles. The first-order valence-corrected chi connectivity index (χ1v) is 5.74. The van der Waals surface area contributed by atoms with Gasteiger partial charge in [0, 0.05) is 5.56 Å². The molecule has 1 aromatic carbocycles. The number of para-hydroxylation sites is 1. The van der Waals surface area contributed by atoms with Crippen LogP contribution < -0.4 is 5.32 Å². The van der Waals surface area contributed by atoms with Crippen LogP contribution in [-0.4, -0.2) is 16.3 Å². The lowest BCUT2D eigenvalue weighted by Crippen LogP contribution is -2.17. The van der Waals surface area contributed by atoms with E-state index in [0.29, 0.717) is 11.8 Å². The molecule has 2 amide bonds. The summed E-state index contributed by atoms with van der Waals surface area (Å²) in [5.41, 5.74) is -1.38. The van der Waals surface area contributed by atoms with Crippen LogP contribution in [-0.2, 0) is 11.0 Å². The Kier molecular flexibility index (Phi) is 3.27. The van der Waals surface area contributed by atoms with Crippen LogP contribution in [0.5, 0.6) is 5.75 Å². The van der Waals surface area contributed by atoms with Gasteiger partial charge in [0.15, 0.2) is 0 Å². The average molecular weight is 289 g/mol. The topological polar surface area (TPSA) is 66.4 Å². The standard InChI is InChI=1S/C11H6F3NO3S/c12-11(13,14)6-3-1-2-5(8(6)16)4-7-9(17)15-10(18)19-7/h1-4,16H,(H,15,17,18)/b7-4-. The monoisotopic (exact) mass is 289 g/mol. The van der Waals surface area contributed by atoms with Crippen molar-refractivity contribution < 1.29 is 27.9 Å². The Morgan fingerprint density at radius 3 is 2.47 bits per heavy atom. The number of carbonyl (C=O) groups is 2. The first kappa shape index (κ1) is 13.5. The second-order valence-corrected chi connectivity index (χ2v) is 4.61. The van der Waals surface area contributed by atoms with Crippen molar-refractivity contribution in [2.24, 2.45) is 0 Å². The number of nitrogens with one attached hydrogen (secondary N) is 1. The predicted molar refractivity (Wildman–Crippen MR) is 62.2 cm³/mol. The highest BCUT2D eigenvalue weighted by Gasteiger charge is 2.34. The number of benzene rings is 1. The highest BCUT2D eigenvalue weighted by atomic mass is 32.2. The van der Waals surface area contributed by atoms with Crippen molar-refractivity contribution in [3.63, 3.8) is 0 Å². The number of phenols is 1. The number of carbonyl (C=O) groups excluding carboxylic acids is 2. The summed E-state index contributed by atoms with van der Waals surface area (Å²) in [6.07, 6.45) is -3.66. The first-order valence-electron chi connectivity index (χ1n) is 4.93. The van der Waals surface area contributed by atoms with E-state index in [1.807, 2.05) is 5.32 Å². The molecule has 4 nitrogen and oxygen atoms in total. The molecule has 1 aliphatic rings. The van der Waals surface area contributed by atoms with E-state index >= 15 is 0 Å². The third kappa shape index (κ3) is 2.73. The summed E-state index contributed by atoms with van der Waals surface area (Å²) in [5.74, 6) is -1.68. The molecule has 8 heteroatoms. The van der Waals surface area contributed by atoms with Crippen molar-refractivity contribution in [1.29, 1.82) is 0 Å². The lowest BCUT2D eigenvalue weighted by Gasteiger charge is -2.10. The van der Waals surface area contributed by atoms with Gasteiger partial charge in [0.05, 0.1) is 10.5 Å². The number of hydrogen-bond acceptors (Lipinski definition) is 4. The molecule has 1 aromatic rings. The fourth-order valence-corrected chi connectivity index (χ4v) is 2.14. The van der Waals surface area contributed by atoms with E-state index in [1.54, 1.807) is 0 Å². The Hall–Kier alpha value is -1.96. The van der Waals surface area contributed by atoms with Gasteiger partial charge >= 0.3 is 6.18 Å². The molecule has 2 N–H and O–H groups in total. The molecule has 1 heterocycles. The normalized spacial score (nSPS) is 17.9. The number of phenolic OH excluding ortho intramolecular Hbond substituents is 1. The summed E-state index contributed by atoms with van der Waals surface area (Å²) >= 11 is 0.560. The van der Waals surface area contributed by atoms with Gasteiger partial charge in [-0.05, 0) is 23.9 Å². The van der Waals surface area contributed by atoms with Crippen molar-refractivity contribution in [3.05, 3.63) is 34.2 Å². The zero-order valence-corrected chi connectivity index (χ0v) is 9.93. The van der Waals surface area contributed by atoms with Crippen LogP contribution >= 0.6 is 11.8 Å². The van der Waals surface area contributed by atoms with Gasteiger partial charge in [-0.1, -0.05) is 12.1 Å². The lowest BCUT2D eigenvalue weighted by molar-refractivity contribution is -0.138. The summed E-state index contributed by atoms with van der Waals surface area (Å²) in [4.78, 5) is 22.1. The molecule has 0 atom stereocenters. The van der Waals surface area contributed by atoms with Crippen LogP contribution in [0, 0.1) is 0 Å². The Balaban J connectivity index is 2.45. The van der Waals surface area contributed by atoms with Gasteiger partial charge in [0.2, 0.25) is 0 Å². The molecule has 0 aromatic heterocycles. The zero-order chi connectivity index (χ0) is 14.2. The average Bonchev–Trinajstić information content (AvgIpc) is 2.59. The van der Waals surface area contributed by atoms with Crippen molar-refractivity contribution in [2.45, 2.75) is 6.18 Å². The van der Waals surface area contributed by atoms with Crippen LogP contribution in [0.15, 0.2) is 23.1 Å². The highest BCUT2D eigenvalue weighted by molar-refractivity contribution is 8.18. The number of rotatable bonds is 1. The number of alkyl halides is 3. The van der Waals surface area contributed by atoms with E-state index in [4.69, 9.17) is 0 Å². The van der Waals surface area contributed by atoms with Crippen LogP contribution in [0.3, 0.4) is 0 Å². The van der Waals surface area contributed by atoms with E-state index in [-0.39, 0.29) is 10.5 Å². The molecule has 0 saturated carbocycles. The minimum Gasteiger partial charge on any atom is -0.507 e. The molecule has 0 spiro atoms. The number of amides is 2. The molecule has 19 heavy (non-hydrogen) atoms.